The molecule has 0 aliphatic carbocycles. The van der Waals surface area contributed by atoms with Crippen LogP contribution in [0.25, 0.3) is 10.9 Å². The van der Waals surface area contributed by atoms with Crippen molar-refractivity contribution in [2.24, 2.45) is 5.92 Å². The minimum atomic E-state index is -1.06. The van der Waals surface area contributed by atoms with E-state index >= 15 is 0 Å². The molecule has 8 nitrogen and oxygen atoms in total. The first-order valence-electron chi connectivity index (χ1n) is 7.75. The highest BCUT2D eigenvalue weighted by Gasteiger charge is 2.23. The molecule has 24 heavy (non-hydrogen) atoms. The number of amides is 1. The molecule has 2 aromatic rings. The van der Waals surface area contributed by atoms with E-state index in [1.54, 1.807) is 38.1 Å². The summed E-state index contributed by atoms with van der Waals surface area (Å²) in [6, 6.07) is 6.00. The summed E-state index contributed by atoms with van der Waals surface area (Å²) >= 11 is 0. The number of benzene rings is 1. The van der Waals surface area contributed by atoms with Crippen molar-refractivity contribution in [1.29, 1.82) is 0 Å². The largest absolute Gasteiger partial charge is 0.480 e. The van der Waals surface area contributed by atoms with Gasteiger partial charge in [0.2, 0.25) is 5.91 Å². The maximum Gasteiger partial charge on any atom is 0.326 e. The number of hydrogen-bond donors (Lipinski definition) is 2. The molecule has 0 aliphatic heterocycles. The Morgan fingerprint density at radius 1 is 1.29 bits per heavy atom. The van der Waals surface area contributed by atoms with Crippen molar-refractivity contribution in [1.82, 2.24) is 20.3 Å². The Morgan fingerprint density at radius 3 is 2.67 bits per heavy atom. The van der Waals surface area contributed by atoms with Crippen molar-refractivity contribution in [3.63, 3.8) is 0 Å². The van der Waals surface area contributed by atoms with Gasteiger partial charge in [0.15, 0.2) is 0 Å². The van der Waals surface area contributed by atoms with Gasteiger partial charge in [0.25, 0.3) is 5.56 Å². The van der Waals surface area contributed by atoms with Gasteiger partial charge in [-0.1, -0.05) is 31.2 Å². The van der Waals surface area contributed by atoms with Crippen LogP contribution >= 0.6 is 0 Å². The number of hydrogen-bond acceptors (Lipinski definition) is 5. The van der Waals surface area contributed by atoms with E-state index in [4.69, 9.17) is 5.11 Å². The Balaban J connectivity index is 1.95. The number of rotatable bonds is 7. The van der Waals surface area contributed by atoms with E-state index in [9.17, 15) is 14.4 Å². The zero-order valence-electron chi connectivity index (χ0n) is 13.6. The van der Waals surface area contributed by atoms with E-state index < -0.39 is 12.0 Å². The van der Waals surface area contributed by atoms with Gasteiger partial charge in [-0.15, -0.1) is 5.10 Å². The van der Waals surface area contributed by atoms with E-state index in [-0.39, 0.29) is 30.3 Å². The van der Waals surface area contributed by atoms with Gasteiger partial charge in [-0.2, -0.15) is 0 Å². The average molecular weight is 332 g/mol. The molecular formula is C16H20N4O4. The Labute approximate surface area is 138 Å². The van der Waals surface area contributed by atoms with E-state index in [1.807, 2.05) is 0 Å². The van der Waals surface area contributed by atoms with Crippen LogP contribution in [0.5, 0.6) is 0 Å². The molecule has 1 aromatic carbocycles. The normalized spacial score (nSPS) is 12.3. The van der Waals surface area contributed by atoms with Gasteiger partial charge < -0.3 is 10.4 Å². The monoisotopic (exact) mass is 332 g/mol. The van der Waals surface area contributed by atoms with Crippen molar-refractivity contribution in [2.75, 3.05) is 0 Å². The molecule has 0 radical (unpaired) electrons. The number of carboxylic acids is 1. The van der Waals surface area contributed by atoms with Crippen LogP contribution in [0.3, 0.4) is 0 Å². The van der Waals surface area contributed by atoms with Crippen molar-refractivity contribution < 1.29 is 14.7 Å². The second-order valence-corrected chi connectivity index (χ2v) is 5.87. The van der Waals surface area contributed by atoms with E-state index in [1.165, 1.54) is 4.68 Å². The molecule has 0 fully saturated rings. The third-order valence-corrected chi connectivity index (χ3v) is 3.65. The average Bonchev–Trinajstić information content (AvgIpc) is 2.54. The lowest BCUT2D eigenvalue weighted by Crippen LogP contribution is -2.44. The van der Waals surface area contributed by atoms with Gasteiger partial charge in [0.05, 0.1) is 5.39 Å². The number of carbonyl (C=O) groups excluding carboxylic acids is 1. The molecule has 128 valence electrons. The molecule has 0 aliphatic rings. The number of aliphatic carboxylic acids is 1. The summed E-state index contributed by atoms with van der Waals surface area (Å²) in [5, 5.41) is 19.8. The fourth-order valence-electron chi connectivity index (χ4n) is 2.32. The molecule has 2 rings (SSSR count). The Hall–Kier alpha value is -2.77. The lowest BCUT2D eigenvalue weighted by molar-refractivity contribution is -0.143. The summed E-state index contributed by atoms with van der Waals surface area (Å²) in [6.07, 6.45) is 0.473. The standard InChI is InChI=1S/C16H20N4O4/c1-10(2)14(16(23)24)17-13(21)8-5-9-20-15(22)11-6-3-4-7-12(11)18-19-20/h3-4,6-7,10,14H,5,8-9H2,1-2H3,(H,17,21)(H,23,24). The summed E-state index contributed by atoms with van der Waals surface area (Å²) < 4.78 is 1.22. The molecule has 1 amide bonds. The van der Waals surface area contributed by atoms with Gasteiger partial charge in [-0.05, 0) is 24.5 Å². The first-order valence-corrected chi connectivity index (χ1v) is 7.75. The van der Waals surface area contributed by atoms with Gasteiger partial charge in [0.1, 0.15) is 11.6 Å². The van der Waals surface area contributed by atoms with Crippen LogP contribution in [0.2, 0.25) is 0 Å². The molecule has 2 N–H and O–H groups in total. The molecule has 1 aromatic heterocycles. The second kappa shape index (κ2) is 7.67. The number of nitrogens with one attached hydrogen (secondary N) is 1. The quantitative estimate of drug-likeness (QED) is 0.775. The van der Waals surface area contributed by atoms with Crippen LogP contribution in [0.15, 0.2) is 29.1 Å². The minimum absolute atomic E-state index is 0.109. The number of nitrogens with zero attached hydrogens (tertiary/aromatic N) is 3. The van der Waals surface area contributed by atoms with Crippen LogP contribution in [0, 0.1) is 5.92 Å². The highest BCUT2D eigenvalue weighted by Crippen LogP contribution is 2.05. The van der Waals surface area contributed by atoms with Crippen molar-refractivity contribution in [3.05, 3.63) is 34.6 Å². The van der Waals surface area contributed by atoms with E-state index in [0.717, 1.165) is 0 Å². The van der Waals surface area contributed by atoms with E-state index in [0.29, 0.717) is 17.3 Å². The highest BCUT2D eigenvalue weighted by atomic mass is 16.4. The predicted octanol–water partition coefficient (Wildman–Crippen LogP) is 0.797. The van der Waals surface area contributed by atoms with Crippen molar-refractivity contribution >= 4 is 22.8 Å². The number of aromatic nitrogens is 3. The third-order valence-electron chi connectivity index (χ3n) is 3.65. The third kappa shape index (κ3) is 4.15. The molecule has 8 heteroatoms. The van der Waals surface area contributed by atoms with Crippen LogP contribution < -0.4 is 10.9 Å². The summed E-state index contributed by atoms with van der Waals surface area (Å²) in [4.78, 5) is 35.2. The number of aryl methyl sites for hydroxylation is 1. The van der Waals surface area contributed by atoms with Crippen LogP contribution in [-0.4, -0.2) is 38.0 Å². The van der Waals surface area contributed by atoms with Gasteiger partial charge in [0, 0.05) is 13.0 Å². The highest BCUT2D eigenvalue weighted by molar-refractivity contribution is 5.83. The molecule has 0 saturated heterocycles. The molecule has 0 bridgehead atoms. The van der Waals surface area contributed by atoms with Crippen LogP contribution in [0.1, 0.15) is 26.7 Å². The SMILES string of the molecule is CC(C)C(NC(=O)CCCn1nnc2ccccc2c1=O)C(=O)O. The summed E-state index contributed by atoms with van der Waals surface area (Å²) in [5.74, 6) is -1.63. The molecule has 1 heterocycles. The van der Waals surface area contributed by atoms with E-state index in [2.05, 4.69) is 15.6 Å². The zero-order valence-corrected chi connectivity index (χ0v) is 13.6. The summed E-state index contributed by atoms with van der Waals surface area (Å²) in [6.45, 7) is 3.69. The Morgan fingerprint density at radius 2 is 2.00 bits per heavy atom. The maximum absolute atomic E-state index is 12.2. The number of fused-ring (bicyclic) bond motifs is 1. The fourth-order valence-corrected chi connectivity index (χ4v) is 2.32. The van der Waals surface area contributed by atoms with Crippen molar-refractivity contribution in [2.45, 2.75) is 39.3 Å². The van der Waals surface area contributed by atoms with Crippen LogP contribution in [-0.2, 0) is 16.1 Å². The van der Waals surface area contributed by atoms with Crippen molar-refractivity contribution in [3.8, 4) is 0 Å². The van der Waals surface area contributed by atoms with Crippen LogP contribution in [0.4, 0.5) is 0 Å². The van der Waals surface area contributed by atoms with Gasteiger partial charge in [-0.25, -0.2) is 9.48 Å². The minimum Gasteiger partial charge on any atom is -0.480 e. The number of carboxylic acid groups (broad SMARTS) is 1. The topological polar surface area (TPSA) is 114 Å². The Kier molecular flexibility index (Phi) is 5.62. The fraction of sp³-hybridized carbons (Fsp3) is 0.438. The van der Waals surface area contributed by atoms with Gasteiger partial charge in [-0.3, -0.25) is 9.59 Å². The first kappa shape index (κ1) is 17.6. The number of carbonyl (C=O) groups is 2. The summed E-state index contributed by atoms with van der Waals surface area (Å²) in [5.41, 5.74) is 0.268. The van der Waals surface area contributed by atoms with Gasteiger partial charge >= 0.3 is 5.97 Å². The Bertz CT molecular complexity index is 800. The maximum atomic E-state index is 12.2. The molecule has 1 atom stereocenters. The molecule has 0 spiro atoms. The lowest BCUT2D eigenvalue weighted by atomic mass is 10.0. The molecule has 1 unspecified atom stereocenters. The lowest BCUT2D eigenvalue weighted by Gasteiger charge is -2.17. The first-order chi connectivity index (χ1) is 11.4. The smallest absolute Gasteiger partial charge is 0.326 e. The molecular weight excluding hydrogens is 312 g/mol. The zero-order chi connectivity index (χ0) is 17.7. The molecule has 0 saturated carbocycles. The summed E-state index contributed by atoms with van der Waals surface area (Å²) in [7, 11) is 0. The second-order valence-electron chi connectivity index (χ2n) is 5.87. The predicted molar refractivity (Wildman–Crippen MR) is 87.4 cm³/mol.